The quantitative estimate of drug-likeness (QED) is 0.665. The van der Waals surface area contributed by atoms with E-state index < -0.39 is 0 Å². The average Bonchev–Trinajstić information content (AvgIpc) is 2.28. The summed E-state index contributed by atoms with van der Waals surface area (Å²) in [4.78, 5) is 2.41. The SMILES string of the molecule is Cl.N#CCCN1CCCCCC1. The summed E-state index contributed by atoms with van der Waals surface area (Å²) in [5, 5.41) is 8.39. The van der Waals surface area contributed by atoms with Crippen LogP contribution in [0.4, 0.5) is 0 Å². The Hall–Kier alpha value is -0.260. The van der Waals surface area contributed by atoms with Gasteiger partial charge in [-0.15, -0.1) is 12.4 Å². The normalized spacial score (nSPS) is 18.9. The van der Waals surface area contributed by atoms with Crippen LogP contribution in [0.3, 0.4) is 0 Å². The van der Waals surface area contributed by atoms with E-state index in [4.69, 9.17) is 5.26 Å². The van der Waals surface area contributed by atoms with Crippen LogP contribution in [0.25, 0.3) is 0 Å². The molecule has 12 heavy (non-hydrogen) atoms. The summed E-state index contributed by atoms with van der Waals surface area (Å²) in [6.45, 7) is 3.40. The van der Waals surface area contributed by atoms with E-state index in [2.05, 4.69) is 11.0 Å². The summed E-state index contributed by atoms with van der Waals surface area (Å²) in [7, 11) is 0. The molecule has 0 aromatic carbocycles. The van der Waals surface area contributed by atoms with Crippen LogP contribution in [0, 0.1) is 11.3 Å². The number of nitriles is 1. The molecule has 0 saturated carbocycles. The predicted molar refractivity (Wildman–Crippen MR) is 52.4 cm³/mol. The maximum Gasteiger partial charge on any atom is 0.0635 e. The lowest BCUT2D eigenvalue weighted by Gasteiger charge is -2.17. The van der Waals surface area contributed by atoms with Gasteiger partial charge in [-0.25, -0.2) is 0 Å². The molecule has 1 rings (SSSR count). The molecule has 3 heteroatoms. The molecular weight excluding hydrogens is 172 g/mol. The molecule has 0 amide bonds. The molecule has 1 aliphatic heterocycles. The fourth-order valence-corrected chi connectivity index (χ4v) is 1.57. The van der Waals surface area contributed by atoms with Crippen molar-refractivity contribution >= 4 is 12.4 Å². The largest absolute Gasteiger partial charge is 0.302 e. The standard InChI is InChI=1S/C9H16N2.ClH/c10-6-5-9-11-7-3-1-2-4-8-11;/h1-5,7-9H2;1H. The van der Waals surface area contributed by atoms with Gasteiger partial charge in [0.15, 0.2) is 0 Å². The molecule has 0 bridgehead atoms. The molecule has 1 saturated heterocycles. The zero-order chi connectivity index (χ0) is 7.94. The van der Waals surface area contributed by atoms with E-state index in [9.17, 15) is 0 Å². The Bertz CT molecular complexity index is 134. The van der Waals surface area contributed by atoms with E-state index in [-0.39, 0.29) is 12.4 Å². The van der Waals surface area contributed by atoms with Crippen molar-refractivity contribution in [2.45, 2.75) is 32.1 Å². The van der Waals surface area contributed by atoms with Crippen LogP contribution in [-0.2, 0) is 0 Å². The number of hydrogen-bond donors (Lipinski definition) is 0. The molecule has 0 N–H and O–H groups in total. The Labute approximate surface area is 81.0 Å². The number of rotatable bonds is 2. The molecule has 0 aromatic heterocycles. The lowest BCUT2D eigenvalue weighted by Crippen LogP contribution is -2.25. The van der Waals surface area contributed by atoms with E-state index in [0.29, 0.717) is 6.42 Å². The smallest absolute Gasteiger partial charge is 0.0635 e. The van der Waals surface area contributed by atoms with Crippen molar-refractivity contribution in [3.63, 3.8) is 0 Å². The van der Waals surface area contributed by atoms with Crippen LogP contribution in [0.1, 0.15) is 32.1 Å². The average molecular weight is 189 g/mol. The summed E-state index contributed by atoms with van der Waals surface area (Å²) in [5.74, 6) is 0. The molecule has 0 aromatic rings. The second-order valence-electron chi connectivity index (χ2n) is 3.16. The highest BCUT2D eigenvalue weighted by Crippen LogP contribution is 2.09. The van der Waals surface area contributed by atoms with Gasteiger partial charge >= 0.3 is 0 Å². The summed E-state index contributed by atoms with van der Waals surface area (Å²) in [6, 6.07) is 2.19. The third kappa shape index (κ3) is 4.58. The lowest BCUT2D eigenvalue weighted by atomic mass is 10.2. The first kappa shape index (κ1) is 11.7. The minimum atomic E-state index is 0. The molecule has 1 heterocycles. The Kier molecular flexibility index (Phi) is 7.23. The molecule has 2 nitrogen and oxygen atoms in total. The van der Waals surface area contributed by atoms with Crippen molar-refractivity contribution in [3.05, 3.63) is 0 Å². The Morgan fingerprint density at radius 3 is 2.17 bits per heavy atom. The maximum atomic E-state index is 8.39. The van der Waals surface area contributed by atoms with Crippen LogP contribution in [0.5, 0.6) is 0 Å². The van der Waals surface area contributed by atoms with E-state index in [1.54, 1.807) is 0 Å². The molecule has 0 aliphatic carbocycles. The first-order chi connectivity index (χ1) is 5.43. The molecule has 1 aliphatic rings. The first-order valence-corrected chi connectivity index (χ1v) is 4.53. The zero-order valence-corrected chi connectivity index (χ0v) is 8.28. The Morgan fingerprint density at radius 2 is 1.67 bits per heavy atom. The van der Waals surface area contributed by atoms with E-state index in [1.807, 2.05) is 0 Å². The maximum absolute atomic E-state index is 8.39. The van der Waals surface area contributed by atoms with E-state index >= 15 is 0 Å². The van der Waals surface area contributed by atoms with Gasteiger partial charge < -0.3 is 4.90 Å². The van der Waals surface area contributed by atoms with Crippen molar-refractivity contribution in [1.82, 2.24) is 4.90 Å². The van der Waals surface area contributed by atoms with Gasteiger partial charge in [0.1, 0.15) is 0 Å². The van der Waals surface area contributed by atoms with Gasteiger partial charge in [0.2, 0.25) is 0 Å². The van der Waals surface area contributed by atoms with Crippen molar-refractivity contribution in [2.24, 2.45) is 0 Å². The van der Waals surface area contributed by atoms with Crippen molar-refractivity contribution in [2.75, 3.05) is 19.6 Å². The van der Waals surface area contributed by atoms with Crippen LogP contribution >= 0.6 is 12.4 Å². The van der Waals surface area contributed by atoms with Gasteiger partial charge in [0.05, 0.1) is 6.07 Å². The summed E-state index contributed by atoms with van der Waals surface area (Å²) in [6.07, 6.45) is 6.10. The highest BCUT2D eigenvalue weighted by atomic mass is 35.5. The monoisotopic (exact) mass is 188 g/mol. The minimum Gasteiger partial charge on any atom is -0.302 e. The molecule has 70 valence electrons. The van der Waals surface area contributed by atoms with Gasteiger partial charge in [-0.05, 0) is 25.9 Å². The highest BCUT2D eigenvalue weighted by Gasteiger charge is 2.07. The Balaban J connectivity index is 0.00000121. The van der Waals surface area contributed by atoms with Crippen LogP contribution in [0.15, 0.2) is 0 Å². The van der Waals surface area contributed by atoms with Crippen molar-refractivity contribution in [1.29, 1.82) is 5.26 Å². The summed E-state index contributed by atoms with van der Waals surface area (Å²) < 4.78 is 0. The second kappa shape index (κ2) is 7.39. The molecule has 0 spiro atoms. The third-order valence-electron chi connectivity index (χ3n) is 2.24. The minimum absolute atomic E-state index is 0. The molecule has 1 fully saturated rings. The second-order valence-corrected chi connectivity index (χ2v) is 3.16. The van der Waals surface area contributed by atoms with Gasteiger partial charge in [-0.2, -0.15) is 5.26 Å². The third-order valence-corrected chi connectivity index (χ3v) is 2.24. The summed E-state index contributed by atoms with van der Waals surface area (Å²) in [5.41, 5.74) is 0. The molecular formula is C9H17ClN2. The number of likely N-dealkylation sites (tertiary alicyclic amines) is 1. The summed E-state index contributed by atoms with van der Waals surface area (Å²) >= 11 is 0. The van der Waals surface area contributed by atoms with Gasteiger partial charge in [-0.1, -0.05) is 12.8 Å². The van der Waals surface area contributed by atoms with Crippen LogP contribution in [-0.4, -0.2) is 24.5 Å². The lowest BCUT2D eigenvalue weighted by molar-refractivity contribution is 0.292. The van der Waals surface area contributed by atoms with E-state index in [0.717, 1.165) is 6.54 Å². The van der Waals surface area contributed by atoms with Crippen LogP contribution in [0.2, 0.25) is 0 Å². The predicted octanol–water partition coefficient (Wildman–Crippen LogP) is 2.20. The van der Waals surface area contributed by atoms with E-state index in [1.165, 1.54) is 38.8 Å². The molecule has 0 unspecified atom stereocenters. The van der Waals surface area contributed by atoms with Gasteiger partial charge in [0, 0.05) is 13.0 Å². The van der Waals surface area contributed by atoms with Crippen molar-refractivity contribution < 1.29 is 0 Å². The molecule has 0 atom stereocenters. The molecule has 0 radical (unpaired) electrons. The first-order valence-electron chi connectivity index (χ1n) is 4.53. The number of hydrogen-bond acceptors (Lipinski definition) is 2. The van der Waals surface area contributed by atoms with Crippen molar-refractivity contribution in [3.8, 4) is 6.07 Å². The van der Waals surface area contributed by atoms with Gasteiger partial charge in [0.25, 0.3) is 0 Å². The topological polar surface area (TPSA) is 27.0 Å². The number of nitrogens with zero attached hydrogens (tertiary/aromatic N) is 2. The Morgan fingerprint density at radius 1 is 1.08 bits per heavy atom. The van der Waals surface area contributed by atoms with Gasteiger partial charge in [-0.3, -0.25) is 0 Å². The van der Waals surface area contributed by atoms with Crippen LogP contribution < -0.4 is 0 Å². The zero-order valence-electron chi connectivity index (χ0n) is 7.46. The fourth-order valence-electron chi connectivity index (χ4n) is 1.57. The number of halogens is 1. The fraction of sp³-hybridized carbons (Fsp3) is 0.889. The highest BCUT2D eigenvalue weighted by molar-refractivity contribution is 5.85.